The standard InChI is InChI=1S/C12H18N2O2/c1-15-11-6-10(14-8-12(11)16-2)9-4-3-5-13-7-9/h6,8-9,13H,3-5,7H2,1-2H3. The molecule has 0 radical (unpaired) electrons. The van der Waals surface area contributed by atoms with E-state index in [4.69, 9.17) is 9.47 Å². The number of piperidine rings is 1. The Bertz CT molecular complexity index is 349. The number of pyridine rings is 1. The summed E-state index contributed by atoms with van der Waals surface area (Å²) in [5.74, 6) is 1.95. The van der Waals surface area contributed by atoms with Crippen molar-refractivity contribution >= 4 is 0 Å². The molecule has 1 fully saturated rings. The zero-order chi connectivity index (χ0) is 11.4. The normalized spacial score (nSPS) is 20.5. The maximum absolute atomic E-state index is 5.28. The Morgan fingerprint density at radius 1 is 1.31 bits per heavy atom. The molecule has 4 heteroatoms. The van der Waals surface area contributed by atoms with Gasteiger partial charge in [0, 0.05) is 24.2 Å². The van der Waals surface area contributed by atoms with Crippen LogP contribution in [0.4, 0.5) is 0 Å². The van der Waals surface area contributed by atoms with Crippen molar-refractivity contribution in [1.82, 2.24) is 10.3 Å². The van der Waals surface area contributed by atoms with Crippen LogP contribution in [0.2, 0.25) is 0 Å². The molecule has 1 N–H and O–H groups in total. The molecule has 1 saturated heterocycles. The summed E-state index contributed by atoms with van der Waals surface area (Å²) in [6, 6.07) is 1.98. The topological polar surface area (TPSA) is 43.4 Å². The fourth-order valence-corrected chi connectivity index (χ4v) is 2.08. The average Bonchev–Trinajstić information content (AvgIpc) is 2.39. The second-order valence-corrected chi connectivity index (χ2v) is 4.01. The molecular formula is C12H18N2O2. The summed E-state index contributed by atoms with van der Waals surface area (Å²) < 4.78 is 10.5. The van der Waals surface area contributed by atoms with Crippen molar-refractivity contribution < 1.29 is 9.47 Å². The highest BCUT2D eigenvalue weighted by Gasteiger charge is 2.18. The van der Waals surface area contributed by atoms with Gasteiger partial charge in [-0.3, -0.25) is 4.98 Å². The molecule has 1 aromatic heterocycles. The van der Waals surface area contributed by atoms with Crippen LogP contribution < -0.4 is 14.8 Å². The summed E-state index contributed by atoms with van der Waals surface area (Å²) in [6.45, 7) is 2.12. The van der Waals surface area contributed by atoms with E-state index in [1.54, 1.807) is 20.4 Å². The predicted molar refractivity (Wildman–Crippen MR) is 62.2 cm³/mol. The number of hydrogen-bond acceptors (Lipinski definition) is 4. The Balaban J connectivity index is 2.20. The molecule has 2 heterocycles. The molecule has 0 spiro atoms. The van der Waals surface area contributed by atoms with E-state index in [9.17, 15) is 0 Å². The molecule has 1 aromatic rings. The zero-order valence-electron chi connectivity index (χ0n) is 9.82. The second kappa shape index (κ2) is 5.16. The molecule has 1 atom stereocenters. The molecule has 0 amide bonds. The zero-order valence-corrected chi connectivity index (χ0v) is 9.82. The quantitative estimate of drug-likeness (QED) is 0.843. The number of aromatic nitrogens is 1. The summed E-state index contributed by atoms with van der Waals surface area (Å²) in [5, 5.41) is 3.39. The molecule has 1 aliphatic rings. The fourth-order valence-electron chi connectivity index (χ4n) is 2.08. The van der Waals surface area contributed by atoms with E-state index in [2.05, 4.69) is 10.3 Å². The minimum absolute atomic E-state index is 0.494. The van der Waals surface area contributed by atoms with Crippen LogP contribution in [0.3, 0.4) is 0 Å². The average molecular weight is 222 g/mol. The van der Waals surface area contributed by atoms with Crippen LogP contribution in [-0.4, -0.2) is 32.3 Å². The Morgan fingerprint density at radius 2 is 2.12 bits per heavy atom. The minimum Gasteiger partial charge on any atom is -0.493 e. The van der Waals surface area contributed by atoms with Crippen LogP contribution in [0.25, 0.3) is 0 Å². The van der Waals surface area contributed by atoms with Gasteiger partial charge in [-0.05, 0) is 19.4 Å². The first kappa shape index (κ1) is 11.2. The second-order valence-electron chi connectivity index (χ2n) is 4.01. The predicted octanol–water partition coefficient (Wildman–Crippen LogP) is 1.57. The van der Waals surface area contributed by atoms with Crippen molar-refractivity contribution in [3.63, 3.8) is 0 Å². The third kappa shape index (κ3) is 2.27. The van der Waals surface area contributed by atoms with Gasteiger partial charge in [0.1, 0.15) is 0 Å². The van der Waals surface area contributed by atoms with Gasteiger partial charge >= 0.3 is 0 Å². The summed E-state index contributed by atoms with van der Waals surface area (Å²) in [6.07, 6.45) is 4.14. The lowest BCUT2D eigenvalue weighted by Gasteiger charge is -2.22. The van der Waals surface area contributed by atoms with Crippen LogP contribution in [0.1, 0.15) is 24.5 Å². The maximum atomic E-state index is 5.28. The van der Waals surface area contributed by atoms with Crippen LogP contribution in [-0.2, 0) is 0 Å². The van der Waals surface area contributed by atoms with Gasteiger partial charge in [-0.2, -0.15) is 0 Å². The number of methoxy groups -OCH3 is 2. The van der Waals surface area contributed by atoms with E-state index in [-0.39, 0.29) is 0 Å². The van der Waals surface area contributed by atoms with E-state index in [1.807, 2.05) is 6.07 Å². The van der Waals surface area contributed by atoms with E-state index in [0.717, 1.165) is 24.5 Å². The SMILES string of the molecule is COc1cnc(C2CCCNC2)cc1OC. The fraction of sp³-hybridized carbons (Fsp3) is 0.583. The first-order valence-corrected chi connectivity index (χ1v) is 5.63. The minimum atomic E-state index is 0.494. The largest absolute Gasteiger partial charge is 0.493 e. The molecular weight excluding hydrogens is 204 g/mol. The number of rotatable bonds is 3. The van der Waals surface area contributed by atoms with E-state index in [0.29, 0.717) is 11.7 Å². The molecule has 1 unspecified atom stereocenters. The smallest absolute Gasteiger partial charge is 0.179 e. The van der Waals surface area contributed by atoms with Gasteiger partial charge in [0.05, 0.1) is 20.4 Å². The number of nitrogens with one attached hydrogen (secondary N) is 1. The monoisotopic (exact) mass is 222 g/mol. The van der Waals surface area contributed by atoms with Crippen molar-refractivity contribution in [1.29, 1.82) is 0 Å². The molecule has 0 bridgehead atoms. The highest BCUT2D eigenvalue weighted by atomic mass is 16.5. The number of nitrogens with zero attached hydrogens (tertiary/aromatic N) is 1. The number of ether oxygens (including phenoxy) is 2. The van der Waals surface area contributed by atoms with Gasteiger partial charge in [0.15, 0.2) is 11.5 Å². The Labute approximate surface area is 96.0 Å². The van der Waals surface area contributed by atoms with Gasteiger partial charge in [-0.1, -0.05) is 0 Å². The summed E-state index contributed by atoms with van der Waals surface area (Å²) >= 11 is 0. The summed E-state index contributed by atoms with van der Waals surface area (Å²) in [5.41, 5.74) is 1.09. The van der Waals surface area contributed by atoms with E-state index in [1.165, 1.54) is 12.8 Å². The lowest BCUT2D eigenvalue weighted by molar-refractivity contribution is 0.351. The lowest BCUT2D eigenvalue weighted by Crippen LogP contribution is -2.28. The van der Waals surface area contributed by atoms with Crippen molar-refractivity contribution in [2.24, 2.45) is 0 Å². The van der Waals surface area contributed by atoms with Gasteiger partial charge < -0.3 is 14.8 Å². The molecule has 0 aliphatic carbocycles. The van der Waals surface area contributed by atoms with E-state index >= 15 is 0 Å². The summed E-state index contributed by atoms with van der Waals surface area (Å²) in [4.78, 5) is 4.44. The van der Waals surface area contributed by atoms with E-state index < -0.39 is 0 Å². The van der Waals surface area contributed by atoms with Crippen molar-refractivity contribution in [3.05, 3.63) is 18.0 Å². The summed E-state index contributed by atoms with van der Waals surface area (Å²) in [7, 11) is 3.28. The Kier molecular flexibility index (Phi) is 3.62. The highest BCUT2D eigenvalue weighted by Crippen LogP contribution is 2.30. The maximum Gasteiger partial charge on any atom is 0.179 e. The van der Waals surface area contributed by atoms with Crippen molar-refractivity contribution in [2.75, 3.05) is 27.3 Å². The lowest BCUT2D eigenvalue weighted by atomic mass is 9.95. The van der Waals surface area contributed by atoms with Crippen molar-refractivity contribution in [3.8, 4) is 11.5 Å². The molecule has 16 heavy (non-hydrogen) atoms. The molecule has 0 aromatic carbocycles. The molecule has 88 valence electrons. The third-order valence-corrected chi connectivity index (χ3v) is 3.01. The molecule has 4 nitrogen and oxygen atoms in total. The van der Waals surface area contributed by atoms with Crippen LogP contribution in [0.5, 0.6) is 11.5 Å². The Hall–Kier alpha value is -1.29. The molecule has 1 aliphatic heterocycles. The first-order valence-electron chi connectivity index (χ1n) is 5.63. The van der Waals surface area contributed by atoms with Gasteiger partial charge in [-0.15, -0.1) is 0 Å². The van der Waals surface area contributed by atoms with Crippen molar-refractivity contribution in [2.45, 2.75) is 18.8 Å². The van der Waals surface area contributed by atoms with Gasteiger partial charge in [-0.25, -0.2) is 0 Å². The molecule has 0 saturated carbocycles. The Morgan fingerprint density at radius 3 is 2.75 bits per heavy atom. The number of hydrogen-bond donors (Lipinski definition) is 1. The van der Waals surface area contributed by atoms with Crippen LogP contribution in [0.15, 0.2) is 12.3 Å². The third-order valence-electron chi connectivity index (χ3n) is 3.01. The van der Waals surface area contributed by atoms with Crippen LogP contribution in [0, 0.1) is 0 Å². The van der Waals surface area contributed by atoms with Gasteiger partial charge in [0.25, 0.3) is 0 Å². The van der Waals surface area contributed by atoms with Gasteiger partial charge in [0.2, 0.25) is 0 Å². The highest BCUT2D eigenvalue weighted by molar-refractivity contribution is 5.39. The molecule has 2 rings (SSSR count). The first-order chi connectivity index (χ1) is 7.85. The van der Waals surface area contributed by atoms with Crippen LogP contribution >= 0.6 is 0 Å².